The monoisotopic (exact) mass is 440 g/mol. The summed E-state index contributed by atoms with van der Waals surface area (Å²) in [5.41, 5.74) is 2.17. The molecule has 0 spiro atoms. The molecule has 0 atom stereocenters. The highest BCUT2D eigenvalue weighted by Crippen LogP contribution is 2.33. The van der Waals surface area contributed by atoms with Crippen molar-refractivity contribution in [1.29, 1.82) is 0 Å². The number of ether oxygens (including phenoxy) is 2. The van der Waals surface area contributed by atoms with E-state index in [1.54, 1.807) is 17.0 Å². The summed E-state index contributed by atoms with van der Waals surface area (Å²) < 4.78 is 10.8. The minimum atomic E-state index is -0.152. The molecule has 2 aromatic carbocycles. The van der Waals surface area contributed by atoms with Gasteiger partial charge in [-0.25, -0.2) is 0 Å². The normalized spacial score (nSPS) is 15.8. The topological polar surface area (TPSA) is 95.6 Å². The first-order chi connectivity index (χ1) is 15.2. The Kier molecular flexibility index (Phi) is 5.35. The quantitative estimate of drug-likeness (QED) is 0.629. The van der Waals surface area contributed by atoms with E-state index in [0.717, 1.165) is 42.4 Å². The Labute approximate surface area is 183 Å². The zero-order valence-electron chi connectivity index (χ0n) is 16.7. The molecule has 0 saturated carbocycles. The lowest BCUT2D eigenvalue weighted by Crippen LogP contribution is -2.48. The first kappa shape index (κ1) is 19.7. The second kappa shape index (κ2) is 8.44. The van der Waals surface area contributed by atoms with Crippen LogP contribution in [-0.2, 0) is 6.54 Å². The molecule has 1 fully saturated rings. The van der Waals surface area contributed by atoms with Crippen LogP contribution < -0.4 is 14.8 Å². The van der Waals surface area contributed by atoms with E-state index < -0.39 is 0 Å². The Morgan fingerprint density at radius 3 is 2.74 bits per heavy atom. The molecule has 2 aliphatic heterocycles. The number of aromatic amines is 1. The molecule has 1 amide bonds. The summed E-state index contributed by atoms with van der Waals surface area (Å²) in [6, 6.07) is 13.2. The van der Waals surface area contributed by atoms with E-state index >= 15 is 0 Å². The molecule has 0 aliphatic carbocycles. The van der Waals surface area contributed by atoms with Crippen molar-refractivity contribution in [2.75, 3.05) is 38.3 Å². The Morgan fingerprint density at radius 2 is 1.90 bits per heavy atom. The van der Waals surface area contributed by atoms with Gasteiger partial charge in [0.2, 0.25) is 6.79 Å². The van der Waals surface area contributed by atoms with Crippen molar-refractivity contribution in [3.8, 4) is 11.5 Å². The number of amides is 1. The third-order valence-corrected chi connectivity index (χ3v) is 5.58. The van der Waals surface area contributed by atoms with Crippen LogP contribution in [0.3, 0.4) is 0 Å². The van der Waals surface area contributed by atoms with Crippen molar-refractivity contribution in [3.05, 3.63) is 58.7 Å². The maximum Gasteiger partial charge on any atom is 0.278 e. The van der Waals surface area contributed by atoms with Crippen LogP contribution >= 0.6 is 11.6 Å². The number of carbonyl (C=O) groups excluding carboxylic acids is 1. The molecule has 2 N–H and O–H groups in total. The van der Waals surface area contributed by atoms with Gasteiger partial charge < -0.3 is 19.7 Å². The fourth-order valence-corrected chi connectivity index (χ4v) is 3.92. The third-order valence-electron chi connectivity index (χ3n) is 5.34. The van der Waals surface area contributed by atoms with Crippen LogP contribution in [-0.4, -0.2) is 64.1 Å². The minimum Gasteiger partial charge on any atom is -0.454 e. The van der Waals surface area contributed by atoms with E-state index in [4.69, 9.17) is 21.1 Å². The van der Waals surface area contributed by atoms with Crippen LogP contribution in [0.4, 0.5) is 11.5 Å². The first-order valence-electron chi connectivity index (χ1n) is 9.99. The largest absolute Gasteiger partial charge is 0.454 e. The molecule has 31 heavy (non-hydrogen) atoms. The highest BCUT2D eigenvalue weighted by Gasteiger charge is 2.27. The van der Waals surface area contributed by atoms with Crippen LogP contribution in [0.15, 0.2) is 42.5 Å². The number of fused-ring (bicyclic) bond motifs is 1. The molecule has 10 heteroatoms. The molecule has 160 valence electrons. The third kappa shape index (κ3) is 4.28. The lowest BCUT2D eigenvalue weighted by atomic mass is 10.1. The number of hydrogen-bond donors (Lipinski definition) is 2. The molecule has 9 nitrogen and oxygen atoms in total. The summed E-state index contributed by atoms with van der Waals surface area (Å²) in [6.45, 7) is 3.85. The SMILES string of the molecule is O=C(c1n[nH]nc1Nc1cccc(Cl)c1)N1CCN(Cc2ccc3c(c2)OCO3)CC1. The summed E-state index contributed by atoms with van der Waals surface area (Å²) >= 11 is 6.03. The molecular weight excluding hydrogens is 420 g/mol. The predicted octanol–water partition coefficient (Wildman–Crippen LogP) is 2.89. The smallest absolute Gasteiger partial charge is 0.278 e. The fourth-order valence-electron chi connectivity index (χ4n) is 3.73. The van der Waals surface area contributed by atoms with Gasteiger partial charge in [-0.05, 0) is 35.9 Å². The van der Waals surface area contributed by atoms with Crippen molar-refractivity contribution in [3.63, 3.8) is 0 Å². The van der Waals surface area contributed by atoms with Gasteiger partial charge in [-0.2, -0.15) is 5.21 Å². The highest BCUT2D eigenvalue weighted by molar-refractivity contribution is 6.30. The number of aromatic nitrogens is 3. The van der Waals surface area contributed by atoms with E-state index in [1.165, 1.54) is 0 Å². The number of hydrogen-bond acceptors (Lipinski definition) is 7. The second-order valence-corrected chi connectivity index (χ2v) is 7.85. The number of rotatable bonds is 5. The molecule has 1 saturated heterocycles. The van der Waals surface area contributed by atoms with Crippen LogP contribution in [0.1, 0.15) is 16.1 Å². The molecule has 0 bridgehead atoms. The number of anilines is 2. The molecule has 5 rings (SSSR count). The lowest BCUT2D eigenvalue weighted by Gasteiger charge is -2.34. The average molecular weight is 441 g/mol. The summed E-state index contributed by atoms with van der Waals surface area (Å²) in [4.78, 5) is 17.1. The van der Waals surface area contributed by atoms with Gasteiger partial charge in [0.1, 0.15) is 0 Å². The number of benzene rings is 2. The maximum absolute atomic E-state index is 13.0. The number of nitrogens with zero attached hydrogens (tertiary/aromatic N) is 4. The van der Waals surface area contributed by atoms with Gasteiger partial charge in [0.25, 0.3) is 5.91 Å². The second-order valence-electron chi connectivity index (χ2n) is 7.41. The van der Waals surface area contributed by atoms with Crippen LogP contribution in [0, 0.1) is 0 Å². The van der Waals surface area contributed by atoms with Crippen molar-refractivity contribution in [1.82, 2.24) is 25.2 Å². The molecule has 3 aromatic rings. The van der Waals surface area contributed by atoms with E-state index in [1.807, 2.05) is 30.3 Å². The van der Waals surface area contributed by atoms with Gasteiger partial charge in [0, 0.05) is 43.4 Å². The standard InChI is InChI=1S/C21H21ClN6O3/c22-15-2-1-3-16(11-15)23-20-19(24-26-25-20)21(29)28-8-6-27(7-9-28)12-14-4-5-17-18(10-14)31-13-30-17/h1-5,10-11H,6-9,12-13H2,(H2,23,24,25,26). The van der Waals surface area contributed by atoms with Crippen LogP contribution in [0.25, 0.3) is 0 Å². The van der Waals surface area contributed by atoms with Crippen LogP contribution in [0.2, 0.25) is 5.02 Å². The van der Waals surface area contributed by atoms with Crippen molar-refractivity contribution < 1.29 is 14.3 Å². The number of nitrogens with one attached hydrogen (secondary N) is 2. The highest BCUT2D eigenvalue weighted by atomic mass is 35.5. The zero-order chi connectivity index (χ0) is 21.2. The summed E-state index contributed by atoms with van der Waals surface area (Å²) in [5.74, 6) is 1.81. The predicted molar refractivity (Wildman–Crippen MR) is 115 cm³/mol. The van der Waals surface area contributed by atoms with E-state index in [9.17, 15) is 4.79 Å². The lowest BCUT2D eigenvalue weighted by molar-refractivity contribution is 0.0623. The Morgan fingerprint density at radius 1 is 1.06 bits per heavy atom. The number of halogens is 1. The van der Waals surface area contributed by atoms with Gasteiger partial charge in [-0.1, -0.05) is 23.7 Å². The number of carbonyl (C=O) groups is 1. The van der Waals surface area contributed by atoms with Crippen molar-refractivity contribution >= 4 is 29.0 Å². The fraction of sp³-hybridized carbons (Fsp3) is 0.286. The van der Waals surface area contributed by atoms with E-state index in [2.05, 4.69) is 25.6 Å². The molecule has 2 aliphatic rings. The molecule has 0 unspecified atom stereocenters. The average Bonchev–Trinajstić information content (AvgIpc) is 3.43. The maximum atomic E-state index is 13.0. The summed E-state index contributed by atoms with van der Waals surface area (Å²) in [7, 11) is 0. The Bertz CT molecular complexity index is 1100. The summed E-state index contributed by atoms with van der Waals surface area (Å²) in [6.07, 6.45) is 0. The van der Waals surface area contributed by atoms with Gasteiger partial charge in [0.05, 0.1) is 0 Å². The van der Waals surface area contributed by atoms with Crippen molar-refractivity contribution in [2.24, 2.45) is 0 Å². The Hall–Kier alpha value is -3.30. The van der Waals surface area contributed by atoms with Gasteiger partial charge in [-0.3, -0.25) is 9.69 Å². The zero-order valence-corrected chi connectivity index (χ0v) is 17.4. The van der Waals surface area contributed by atoms with Gasteiger partial charge in [-0.15, -0.1) is 10.2 Å². The molecular formula is C21H21ClN6O3. The van der Waals surface area contributed by atoms with Crippen LogP contribution in [0.5, 0.6) is 11.5 Å². The van der Waals surface area contributed by atoms with Gasteiger partial charge in [0.15, 0.2) is 23.0 Å². The number of H-pyrrole nitrogens is 1. The Balaban J connectivity index is 1.19. The summed E-state index contributed by atoms with van der Waals surface area (Å²) in [5, 5.41) is 14.4. The minimum absolute atomic E-state index is 0.152. The number of piperazine rings is 1. The van der Waals surface area contributed by atoms with Crippen molar-refractivity contribution in [2.45, 2.75) is 6.54 Å². The van der Waals surface area contributed by atoms with E-state index in [0.29, 0.717) is 23.9 Å². The first-order valence-corrected chi connectivity index (χ1v) is 10.4. The van der Waals surface area contributed by atoms with E-state index in [-0.39, 0.29) is 18.4 Å². The molecule has 0 radical (unpaired) electrons. The van der Waals surface area contributed by atoms with Gasteiger partial charge >= 0.3 is 0 Å². The molecule has 1 aromatic heterocycles. The molecule has 3 heterocycles.